The first-order valence-electron chi connectivity index (χ1n) is 5.54. The molecular formula is C9H13N3O4S3. The Morgan fingerprint density at radius 1 is 1.42 bits per heavy atom. The van der Waals surface area contributed by atoms with E-state index < -0.39 is 14.9 Å². The number of thioether (sulfide) groups is 1. The Labute approximate surface area is 118 Å². The number of thiophene rings is 1. The Balaban J connectivity index is 2.19. The molecule has 0 aliphatic carbocycles. The quantitative estimate of drug-likeness (QED) is 0.639. The van der Waals surface area contributed by atoms with Crippen LogP contribution in [0.3, 0.4) is 0 Å². The fourth-order valence-corrected chi connectivity index (χ4v) is 5.38. The van der Waals surface area contributed by atoms with E-state index in [4.69, 9.17) is 5.73 Å². The number of rotatable bonds is 4. The van der Waals surface area contributed by atoms with Gasteiger partial charge in [0.1, 0.15) is 4.21 Å². The molecule has 0 saturated carbocycles. The average molecular weight is 323 g/mol. The third-order valence-corrected chi connectivity index (χ3v) is 6.72. The largest absolute Gasteiger partial charge is 0.385 e. The number of hydrogen-bond donors (Lipinski definition) is 2. The maximum atomic E-state index is 12.1. The number of nitro groups is 1. The van der Waals surface area contributed by atoms with Crippen LogP contribution in [0.15, 0.2) is 10.3 Å². The van der Waals surface area contributed by atoms with E-state index in [2.05, 4.69) is 4.72 Å². The highest BCUT2D eigenvalue weighted by molar-refractivity contribution is 7.99. The topological polar surface area (TPSA) is 115 Å². The maximum Gasteiger partial charge on any atom is 0.304 e. The summed E-state index contributed by atoms with van der Waals surface area (Å²) >= 11 is 2.51. The van der Waals surface area contributed by atoms with Crippen LogP contribution in [0.4, 0.5) is 10.7 Å². The lowest BCUT2D eigenvalue weighted by molar-refractivity contribution is -0.383. The summed E-state index contributed by atoms with van der Waals surface area (Å²) in [4.78, 5) is 9.99. The molecule has 2 rings (SSSR count). The van der Waals surface area contributed by atoms with Gasteiger partial charge in [0.15, 0.2) is 5.00 Å². The van der Waals surface area contributed by atoms with E-state index in [0.717, 1.165) is 41.8 Å². The van der Waals surface area contributed by atoms with Gasteiger partial charge < -0.3 is 5.73 Å². The van der Waals surface area contributed by atoms with Crippen molar-refractivity contribution in [1.82, 2.24) is 4.72 Å². The summed E-state index contributed by atoms with van der Waals surface area (Å²) in [5.41, 5.74) is 5.10. The van der Waals surface area contributed by atoms with Gasteiger partial charge in [-0.1, -0.05) is 11.3 Å². The molecular weight excluding hydrogens is 310 g/mol. The van der Waals surface area contributed by atoms with Crippen molar-refractivity contribution in [3.05, 3.63) is 16.2 Å². The molecule has 1 aliphatic heterocycles. The van der Waals surface area contributed by atoms with Crippen LogP contribution in [0.25, 0.3) is 0 Å². The third-order valence-electron chi connectivity index (χ3n) is 2.72. The summed E-state index contributed by atoms with van der Waals surface area (Å²) in [6.07, 6.45) is 1.54. The van der Waals surface area contributed by atoms with Crippen LogP contribution in [0, 0.1) is 10.1 Å². The standard InChI is InChI=1S/C9H13N3O4S3/c10-9-7(12(13)14)5-8(18-9)19(15,16)11-6-1-3-17-4-2-6/h5-6,11H,1-4,10H2. The minimum atomic E-state index is -3.72. The van der Waals surface area contributed by atoms with Crippen molar-refractivity contribution in [2.24, 2.45) is 0 Å². The Morgan fingerprint density at radius 3 is 2.58 bits per heavy atom. The minimum Gasteiger partial charge on any atom is -0.385 e. The predicted molar refractivity (Wildman–Crippen MR) is 76.1 cm³/mol. The van der Waals surface area contributed by atoms with Gasteiger partial charge in [-0.05, 0) is 24.3 Å². The van der Waals surface area contributed by atoms with E-state index in [9.17, 15) is 18.5 Å². The average Bonchev–Trinajstić information content (AvgIpc) is 2.73. The van der Waals surface area contributed by atoms with Crippen molar-refractivity contribution in [2.75, 3.05) is 17.2 Å². The minimum absolute atomic E-state index is 0.0930. The molecule has 1 fully saturated rings. The van der Waals surface area contributed by atoms with Crippen LogP contribution in [0.2, 0.25) is 0 Å². The molecule has 0 bridgehead atoms. The molecule has 0 spiro atoms. The summed E-state index contributed by atoms with van der Waals surface area (Å²) in [7, 11) is -3.72. The van der Waals surface area contributed by atoms with Gasteiger partial charge in [-0.15, -0.1) is 0 Å². The van der Waals surface area contributed by atoms with Gasteiger partial charge in [0.2, 0.25) is 0 Å². The maximum absolute atomic E-state index is 12.1. The summed E-state index contributed by atoms with van der Waals surface area (Å²) < 4.78 is 26.7. The molecule has 19 heavy (non-hydrogen) atoms. The van der Waals surface area contributed by atoms with Gasteiger partial charge in [0.05, 0.1) is 4.92 Å². The highest BCUT2D eigenvalue weighted by Gasteiger charge is 2.27. The Hall–Kier alpha value is -0.840. The molecule has 0 amide bonds. The van der Waals surface area contributed by atoms with Crippen molar-refractivity contribution in [3.8, 4) is 0 Å². The van der Waals surface area contributed by atoms with Crippen LogP contribution in [-0.4, -0.2) is 30.9 Å². The van der Waals surface area contributed by atoms with Crippen molar-refractivity contribution in [3.63, 3.8) is 0 Å². The number of anilines is 1. The summed E-state index contributed by atoms with van der Waals surface area (Å²) in [5.74, 6) is 1.83. The Bertz CT molecular complexity index is 578. The number of nitrogens with zero attached hydrogens (tertiary/aromatic N) is 1. The normalized spacial score (nSPS) is 17.5. The summed E-state index contributed by atoms with van der Waals surface area (Å²) in [5, 5.41) is 10.6. The first-order valence-corrected chi connectivity index (χ1v) is 8.99. The number of nitrogens with one attached hydrogen (secondary N) is 1. The van der Waals surface area contributed by atoms with Crippen LogP contribution in [0.5, 0.6) is 0 Å². The predicted octanol–water partition coefficient (Wildman–Crippen LogP) is 1.41. The number of hydrogen-bond acceptors (Lipinski definition) is 7. The van der Waals surface area contributed by atoms with Crippen LogP contribution in [-0.2, 0) is 10.0 Å². The molecule has 0 atom stereocenters. The van der Waals surface area contributed by atoms with Crippen molar-refractivity contribution in [2.45, 2.75) is 23.1 Å². The van der Waals surface area contributed by atoms with Crippen molar-refractivity contribution < 1.29 is 13.3 Å². The molecule has 1 aromatic rings. The highest BCUT2D eigenvalue weighted by atomic mass is 32.2. The van der Waals surface area contributed by atoms with Gasteiger partial charge >= 0.3 is 5.69 Å². The van der Waals surface area contributed by atoms with Crippen LogP contribution in [0.1, 0.15) is 12.8 Å². The Morgan fingerprint density at radius 2 is 2.05 bits per heavy atom. The lowest BCUT2D eigenvalue weighted by Gasteiger charge is -2.21. The second-order valence-electron chi connectivity index (χ2n) is 4.08. The van der Waals surface area contributed by atoms with E-state index in [1.54, 1.807) is 11.8 Å². The molecule has 3 N–H and O–H groups in total. The first-order chi connectivity index (χ1) is 8.90. The van der Waals surface area contributed by atoms with Gasteiger partial charge in [-0.25, -0.2) is 13.1 Å². The SMILES string of the molecule is Nc1sc(S(=O)(=O)NC2CCSCC2)cc1[N+](=O)[O-]. The smallest absolute Gasteiger partial charge is 0.304 e. The molecule has 10 heteroatoms. The zero-order valence-corrected chi connectivity index (χ0v) is 12.3. The van der Waals surface area contributed by atoms with E-state index in [-0.39, 0.29) is 20.9 Å². The molecule has 2 heterocycles. The zero-order chi connectivity index (χ0) is 14.0. The summed E-state index contributed by atoms with van der Waals surface area (Å²) in [6, 6.07) is 0.911. The third kappa shape index (κ3) is 3.38. The lowest BCUT2D eigenvalue weighted by Crippen LogP contribution is -2.36. The van der Waals surface area contributed by atoms with Crippen molar-refractivity contribution in [1.29, 1.82) is 0 Å². The van der Waals surface area contributed by atoms with Crippen LogP contribution < -0.4 is 10.5 Å². The first kappa shape index (κ1) is 14.6. The Kier molecular flexibility index (Phi) is 4.33. The molecule has 0 aromatic carbocycles. The fraction of sp³-hybridized carbons (Fsp3) is 0.556. The lowest BCUT2D eigenvalue weighted by atomic mass is 10.2. The van der Waals surface area contributed by atoms with E-state index in [0.29, 0.717) is 0 Å². The second kappa shape index (κ2) is 5.65. The second-order valence-corrected chi connectivity index (χ2v) is 8.33. The van der Waals surface area contributed by atoms with Gasteiger partial charge in [0.25, 0.3) is 10.0 Å². The summed E-state index contributed by atoms with van der Waals surface area (Å²) in [6.45, 7) is 0. The zero-order valence-electron chi connectivity index (χ0n) is 9.87. The highest BCUT2D eigenvalue weighted by Crippen LogP contribution is 2.34. The van der Waals surface area contributed by atoms with E-state index in [1.165, 1.54) is 0 Å². The number of sulfonamides is 1. The van der Waals surface area contributed by atoms with Crippen molar-refractivity contribution >= 4 is 43.8 Å². The monoisotopic (exact) mass is 323 g/mol. The van der Waals surface area contributed by atoms with E-state index >= 15 is 0 Å². The molecule has 0 radical (unpaired) electrons. The number of nitrogen functional groups attached to an aromatic ring is 1. The molecule has 106 valence electrons. The molecule has 0 unspecified atom stereocenters. The van der Waals surface area contributed by atoms with Gasteiger partial charge in [0, 0.05) is 12.1 Å². The molecule has 7 nitrogen and oxygen atoms in total. The van der Waals surface area contributed by atoms with Gasteiger partial charge in [-0.2, -0.15) is 11.8 Å². The van der Waals surface area contributed by atoms with Crippen LogP contribution >= 0.6 is 23.1 Å². The number of nitrogens with two attached hydrogens (primary N) is 1. The molecule has 1 saturated heterocycles. The molecule has 1 aliphatic rings. The molecule has 1 aromatic heterocycles. The van der Waals surface area contributed by atoms with E-state index in [1.807, 2.05) is 0 Å². The van der Waals surface area contributed by atoms with Gasteiger partial charge in [-0.3, -0.25) is 10.1 Å². The fourth-order valence-electron chi connectivity index (χ4n) is 1.74.